The van der Waals surface area contributed by atoms with Crippen LogP contribution in [0.5, 0.6) is 0 Å². The molecule has 3 N–H and O–H groups in total. The average molecular weight is 304 g/mol. The second-order valence-corrected chi connectivity index (χ2v) is 5.49. The number of carbonyl (C=O) groups excluding carboxylic acids is 1. The molecule has 0 spiro atoms. The first kappa shape index (κ1) is 15.8. The first-order valence-electron chi connectivity index (χ1n) is 6.65. The summed E-state index contributed by atoms with van der Waals surface area (Å²) in [4.78, 5) is 11.9. The van der Waals surface area contributed by atoms with Crippen LogP contribution in [0.4, 0.5) is 23.2 Å². The number of benzene rings is 1. The van der Waals surface area contributed by atoms with Crippen molar-refractivity contribution in [3.63, 3.8) is 0 Å². The number of nitrogens with two attached hydrogens (primary N) is 1. The molecule has 0 atom stereocenters. The minimum absolute atomic E-state index is 0.0473. The Balaban J connectivity index is 2.07. The van der Waals surface area contributed by atoms with E-state index in [-0.39, 0.29) is 12.1 Å². The maximum absolute atomic E-state index is 13.1. The third-order valence-corrected chi connectivity index (χ3v) is 3.67. The molecule has 1 fully saturated rings. The van der Waals surface area contributed by atoms with Gasteiger partial charge in [0.1, 0.15) is 5.82 Å². The molecule has 3 nitrogen and oxygen atoms in total. The van der Waals surface area contributed by atoms with Crippen LogP contribution in [0.3, 0.4) is 0 Å². The van der Waals surface area contributed by atoms with Crippen molar-refractivity contribution in [2.75, 3.05) is 5.32 Å². The Labute approximate surface area is 119 Å². The zero-order valence-corrected chi connectivity index (χ0v) is 11.3. The molecular weight excluding hydrogens is 288 g/mol. The Morgan fingerprint density at radius 1 is 1.29 bits per heavy atom. The third kappa shape index (κ3) is 3.93. The predicted molar refractivity (Wildman–Crippen MR) is 70.0 cm³/mol. The molecule has 0 unspecified atom stereocenters. The van der Waals surface area contributed by atoms with Crippen molar-refractivity contribution in [1.29, 1.82) is 0 Å². The number of nitrogens with one attached hydrogen (secondary N) is 1. The molecule has 1 aliphatic rings. The van der Waals surface area contributed by atoms with E-state index in [9.17, 15) is 22.4 Å². The summed E-state index contributed by atoms with van der Waals surface area (Å²) in [7, 11) is 0. The van der Waals surface area contributed by atoms with Crippen LogP contribution in [0.25, 0.3) is 0 Å². The highest BCUT2D eigenvalue weighted by Crippen LogP contribution is 2.33. The molecule has 1 amide bonds. The second kappa shape index (κ2) is 5.63. The fourth-order valence-corrected chi connectivity index (χ4v) is 2.60. The fraction of sp³-hybridized carbons (Fsp3) is 0.500. The standard InChI is InChI=1S/C14H16F4N2O/c15-11-4-3-9(7-10(11)14(16,17)18)20-12(21)8-13(19)5-1-2-6-13/h3-4,7H,1-2,5-6,8,19H2,(H,20,21). The molecule has 21 heavy (non-hydrogen) atoms. The highest BCUT2D eigenvalue weighted by atomic mass is 19.4. The molecule has 1 aromatic carbocycles. The van der Waals surface area contributed by atoms with Gasteiger partial charge in [-0.25, -0.2) is 4.39 Å². The van der Waals surface area contributed by atoms with Gasteiger partial charge in [0.25, 0.3) is 0 Å². The molecular formula is C14H16F4N2O. The summed E-state index contributed by atoms with van der Waals surface area (Å²) in [6.07, 6.45) is -1.43. The van der Waals surface area contributed by atoms with Crippen molar-refractivity contribution in [2.45, 2.75) is 43.8 Å². The van der Waals surface area contributed by atoms with Crippen molar-refractivity contribution in [3.8, 4) is 0 Å². The molecule has 1 aromatic rings. The van der Waals surface area contributed by atoms with Crippen molar-refractivity contribution < 1.29 is 22.4 Å². The van der Waals surface area contributed by atoms with E-state index in [0.29, 0.717) is 12.1 Å². The molecule has 0 aromatic heterocycles. The topological polar surface area (TPSA) is 55.1 Å². The van der Waals surface area contributed by atoms with Crippen LogP contribution in [0, 0.1) is 5.82 Å². The minimum Gasteiger partial charge on any atom is -0.326 e. The SMILES string of the molecule is NC1(CC(=O)Nc2ccc(F)c(C(F)(F)F)c2)CCCC1. The summed E-state index contributed by atoms with van der Waals surface area (Å²) >= 11 is 0. The Morgan fingerprint density at radius 2 is 1.90 bits per heavy atom. The van der Waals surface area contributed by atoms with E-state index in [1.807, 2.05) is 0 Å². The van der Waals surface area contributed by atoms with Gasteiger partial charge in [-0.15, -0.1) is 0 Å². The number of anilines is 1. The first-order valence-corrected chi connectivity index (χ1v) is 6.65. The smallest absolute Gasteiger partial charge is 0.326 e. The van der Waals surface area contributed by atoms with Crippen molar-refractivity contribution in [1.82, 2.24) is 0 Å². The van der Waals surface area contributed by atoms with Gasteiger partial charge in [-0.3, -0.25) is 4.79 Å². The zero-order valence-electron chi connectivity index (χ0n) is 11.3. The lowest BCUT2D eigenvalue weighted by atomic mass is 9.94. The van der Waals surface area contributed by atoms with Crippen molar-refractivity contribution in [3.05, 3.63) is 29.6 Å². The van der Waals surface area contributed by atoms with Gasteiger partial charge in [0.15, 0.2) is 0 Å². The minimum atomic E-state index is -4.80. The normalized spacial score (nSPS) is 17.8. The molecule has 1 saturated carbocycles. The quantitative estimate of drug-likeness (QED) is 0.840. The van der Waals surface area contributed by atoms with Crippen LogP contribution in [0.1, 0.15) is 37.7 Å². The summed E-state index contributed by atoms with van der Waals surface area (Å²) < 4.78 is 50.9. The molecule has 0 heterocycles. The number of halogens is 4. The Kier molecular flexibility index (Phi) is 4.22. The van der Waals surface area contributed by atoms with Gasteiger partial charge in [-0.1, -0.05) is 12.8 Å². The van der Waals surface area contributed by atoms with E-state index in [1.54, 1.807) is 0 Å². The number of amides is 1. The molecule has 2 rings (SSSR count). The van der Waals surface area contributed by atoms with E-state index in [4.69, 9.17) is 5.73 Å². The van der Waals surface area contributed by atoms with Crippen molar-refractivity contribution in [2.24, 2.45) is 5.73 Å². The lowest BCUT2D eigenvalue weighted by molar-refractivity contribution is -0.140. The van der Waals surface area contributed by atoms with Gasteiger partial charge in [0.2, 0.25) is 5.91 Å². The Morgan fingerprint density at radius 3 is 2.48 bits per heavy atom. The maximum Gasteiger partial charge on any atom is 0.419 e. The second-order valence-electron chi connectivity index (χ2n) is 5.49. The number of carbonyl (C=O) groups is 1. The monoisotopic (exact) mass is 304 g/mol. The lowest BCUT2D eigenvalue weighted by Gasteiger charge is -2.22. The van der Waals surface area contributed by atoms with E-state index in [1.165, 1.54) is 0 Å². The van der Waals surface area contributed by atoms with Crippen LogP contribution in [0.2, 0.25) is 0 Å². The van der Waals surface area contributed by atoms with Gasteiger partial charge in [0.05, 0.1) is 5.56 Å². The van der Waals surface area contributed by atoms with E-state index in [2.05, 4.69) is 5.32 Å². The number of alkyl halides is 3. The van der Waals surface area contributed by atoms with E-state index >= 15 is 0 Å². The van der Waals surface area contributed by atoms with Gasteiger partial charge in [0, 0.05) is 17.6 Å². The summed E-state index contributed by atoms with van der Waals surface area (Å²) in [6, 6.07) is 2.37. The fourth-order valence-electron chi connectivity index (χ4n) is 2.60. The largest absolute Gasteiger partial charge is 0.419 e. The molecule has 1 aliphatic carbocycles. The molecule has 0 saturated heterocycles. The van der Waals surface area contributed by atoms with Gasteiger partial charge in [-0.2, -0.15) is 13.2 Å². The summed E-state index contributed by atoms with van der Waals surface area (Å²) in [5.74, 6) is -1.83. The Bertz CT molecular complexity index is 536. The van der Waals surface area contributed by atoms with E-state index < -0.39 is 29.0 Å². The number of hydrogen-bond donors (Lipinski definition) is 2. The van der Waals surface area contributed by atoms with Gasteiger partial charge < -0.3 is 11.1 Å². The van der Waals surface area contributed by atoms with Gasteiger partial charge in [-0.05, 0) is 31.0 Å². The highest BCUT2D eigenvalue weighted by molar-refractivity contribution is 5.91. The number of hydrogen-bond acceptors (Lipinski definition) is 2. The van der Waals surface area contributed by atoms with Crippen molar-refractivity contribution >= 4 is 11.6 Å². The van der Waals surface area contributed by atoms with E-state index in [0.717, 1.165) is 31.7 Å². The van der Waals surface area contributed by atoms with Gasteiger partial charge >= 0.3 is 6.18 Å². The summed E-state index contributed by atoms with van der Waals surface area (Å²) in [5, 5.41) is 2.35. The summed E-state index contributed by atoms with van der Waals surface area (Å²) in [5.41, 5.74) is 3.96. The molecule has 7 heteroatoms. The molecule has 0 bridgehead atoms. The van der Waals surface area contributed by atoms with Crippen LogP contribution < -0.4 is 11.1 Å². The zero-order chi connectivity index (χ0) is 15.7. The van der Waals surface area contributed by atoms with Crippen LogP contribution in [-0.4, -0.2) is 11.4 Å². The number of rotatable bonds is 3. The predicted octanol–water partition coefficient (Wildman–Crippen LogP) is 3.44. The first-order chi connectivity index (χ1) is 9.70. The lowest BCUT2D eigenvalue weighted by Crippen LogP contribution is -2.40. The highest BCUT2D eigenvalue weighted by Gasteiger charge is 2.35. The van der Waals surface area contributed by atoms with Crippen LogP contribution in [-0.2, 0) is 11.0 Å². The molecule has 116 valence electrons. The maximum atomic E-state index is 13.1. The molecule has 0 radical (unpaired) electrons. The summed E-state index contributed by atoms with van der Waals surface area (Å²) in [6.45, 7) is 0. The Hall–Kier alpha value is -1.63. The average Bonchev–Trinajstić information content (AvgIpc) is 2.76. The third-order valence-electron chi connectivity index (χ3n) is 3.67. The molecule has 0 aliphatic heterocycles. The van der Waals surface area contributed by atoms with Crippen LogP contribution >= 0.6 is 0 Å². The van der Waals surface area contributed by atoms with Crippen LogP contribution in [0.15, 0.2) is 18.2 Å².